The molecule has 0 spiro atoms. The summed E-state index contributed by atoms with van der Waals surface area (Å²) in [7, 11) is 0. The lowest BCUT2D eigenvalue weighted by molar-refractivity contribution is 0.320. The van der Waals surface area contributed by atoms with E-state index >= 15 is 0 Å². The highest BCUT2D eigenvalue weighted by atomic mass is 15.2. The number of aryl methyl sites for hydroxylation is 1. The molecule has 7 nitrogen and oxygen atoms in total. The highest BCUT2D eigenvalue weighted by Gasteiger charge is 2.23. The third-order valence-electron chi connectivity index (χ3n) is 5.13. The van der Waals surface area contributed by atoms with Crippen LogP contribution in [0.1, 0.15) is 24.7 Å². The number of rotatable bonds is 7. The standard InChI is InChI=1S/C22H27N7/c1-2-16-8-6-7-11-19(16)25-22-27-20(26-21(23)28-22)15-29-13-12-18(14-29)24-17-9-4-3-5-10-17/h3-11,18,24H,2,12-15H2,1H3,(H3,23,25,26,27,28). The summed E-state index contributed by atoms with van der Waals surface area (Å²) in [5, 5.41) is 6.89. The van der Waals surface area contributed by atoms with Gasteiger partial charge in [-0.05, 0) is 36.6 Å². The normalized spacial score (nSPS) is 16.7. The van der Waals surface area contributed by atoms with Gasteiger partial charge >= 0.3 is 0 Å². The minimum absolute atomic E-state index is 0.240. The summed E-state index contributed by atoms with van der Waals surface area (Å²) < 4.78 is 0. The van der Waals surface area contributed by atoms with Crippen LogP contribution in [-0.4, -0.2) is 39.0 Å². The van der Waals surface area contributed by atoms with Crippen LogP contribution in [0.4, 0.5) is 23.3 Å². The molecule has 4 rings (SSSR count). The van der Waals surface area contributed by atoms with E-state index in [0.717, 1.165) is 37.3 Å². The van der Waals surface area contributed by atoms with E-state index < -0.39 is 0 Å². The van der Waals surface area contributed by atoms with Crippen molar-refractivity contribution in [3.05, 3.63) is 66.0 Å². The second-order valence-corrected chi connectivity index (χ2v) is 7.30. The number of hydrogen-bond donors (Lipinski definition) is 3. The molecule has 150 valence electrons. The summed E-state index contributed by atoms with van der Waals surface area (Å²) in [5.41, 5.74) is 9.32. The van der Waals surface area contributed by atoms with Crippen LogP contribution in [0.5, 0.6) is 0 Å². The second kappa shape index (κ2) is 8.87. The summed E-state index contributed by atoms with van der Waals surface area (Å²) in [6.45, 7) is 4.73. The molecule has 3 aromatic rings. The van der Waals surface area contributed by atoms with Crippen molar-refractivity contribution < 1.29 is 0 Å². The first-order valence-corrected chi connectivity index (χ1v) is 10.1. The van der Waals surface area contributed by atoms with E-state index in [1.807, 2.05) is 36.4 Å². The molecule has 4 N–H and O–H groups in total. The number of nitrogens with zero attached hydrogens (tertiary/aromatic N) is 4. The molecule has 29 heavy (non-hydrogen) atoms. The quantitative estimate of drug-likeness (QED) is 0.570. The zero-order chi connectivity index (χ0) is 20.1. The molecule has 1 saturated heterocycles. The summed E-state index contributed by atoms with van der Waals surface area (Å²) in [6.07, 6.45) is 2.02. The van der Waals surface area contributed by atoms with Crippen molar-refractivity contribution in [3.63, 3.8) is 0 Å². The molecular formula is C22H27N7. The van der Waals surface area contributed by atoms with E-state index in [1.165, 1.54) is 5.56 Å². The first-order chi connectivity index (χ1) is 14.2. The first kappa shape index (κ1) is 19.1. The molecule has 1 aliphatic rings. The Morgan fingerprint density at radius 3 is 2.66 bits per heavy atom. The van der Waals surface area contributed by atoms with E-state index in [0.29, 0.717) is 24.4 Å². The van der Waals surface area contributed by atoms with Crippen molar-refractivity contribution in [2.24, 2.45) is 0 Å². The van der Waals surface area contributed by atoms with E-state index in [9.17, 15) is 0 Å². The fraction of sp³-hybridized carbons (Fsp3) is 0.318. The first-order valence-electron chi connectivity index (χ1n) is 10.1. The largest absolute Gasteiger partial charge is 0.381 e. The molecule has 2 aromatic carbocycles. The van der Waals surface area contributed by atoms with Gasteiger partial charge in [-0.3, -0.25) is 4.90 Å². The van der Waals surface area contributed by atoms with Gasteiger partial charge in [0.1, 0.15) is 5.82 Å². The minimum Gasteiger partial charge on any atom is -0.381 e. The number of anilines is 4. The van der Waals surface area contributed by atoms with Gasteiger partial charge < -0.3 is 16.4 Å². The van der Waals surface area contributed by atoms with E-state index in [1.54, 1.807) is 0 Å². The van der Waals surface area contributed by atoms with Crippen LogP contribution in [-0.2, 0) is 13.0 Å². The van der Waals surface area contributed by atoms with E-state index in [-0.39, 0.29) is 5.95 Å². The number of para-hydroxylation sites is 2. The fourth-order valence-electron chi connectivity index (χ4n) is 3.70. The SMILES string of the molecule is CCc1ccccc1Nc1nc(N)nc(CN2CCC(Nc3ccccc3)C2)n1. The number of nitrogens with one attached hydrogen (secondary N) is 2. The van der Waals surface area contributed by atoms with Gasteiger partial charge in [0.15, 0.2) is 0 Å². The summed E-state index contributed by atoms with van der Waals surface area (Å²) in [5.74, 6) is 1.42. The maximum atomic E-state index is 5.95. The lowest BCUT2D eigenvalue weighted by atomic mass is 10.1. The Bertz CT molecular complexity index is 945. The molecule has 1 fully saturated rings. The molecule has 1 aliphatic heterocycles. The van der Waals surface area contributed by atoms with Crippen LogP contribution < -0.4 is 16.4 Å². The molecule has 0 radical (unpaired) electrons. The number of hydrogen-bond acceptors (Lipinski definition) is 7. The van der Waals surface area contributed by atoms with Gasteiger partial charge in [-0.1, -0.05) is 43.3 Å². The molecule has 0 saturated carbocycles. The van der Waals surface area contributed by atoms with Crippen molar-refractivity contribution in [1.82, 2.24) is 19.9 Å². The van der Waals surface area contributed by atoms with Gasteiger partial charge in [0.25, 0.3) is 0 Å². The van der Waals surface area contributed by atoms with Gasteiger partial charge in [-0.15, -0.1) is 0 Å². The molecule has 1 unspecified atom stereocenters. The Morgan fingerprint density at radius 2 is 1.83 bits per heavy atom. The van der Waals surface area contributed by atoms with Crippen LogP contribution >= 0.6 is 0 Å². The maximum absolute atomic E-state index is 5.95. The zero-order valence-corrected chi connectivity index (χ0v) is 16.7. The van der Waals surface area contributed by atoms with Crippen LogP contribution in [0.3, 0.4) is 0 Å². The van der Waals surface area contributed by atoms with Gasteiger partial charge in [-0.25, -0.2) is 0 Å². The summed E-state index contributed by atoms with van der Waals surface area (Å²) in [6, 6.07) is 18.9. The number of nitrogens with two attached hydrogens (primary N) is 1. The Morgan fingerprint density at radius 1 is 1.03 bits per heavy atom. The lowest BCUT2D eigenvalue weighted by Crippen LogP contribution is -2.27. The average molecular weight is 390 g/mol. The summed E-state index contributed by atoms with van der Waals surface area (Å²) in [4.78, 5) is 15.6. The van der Waals surface area contributed by atoms with Crippen molar-refractivity contribution in [2.45, 2.75) is 32.4 Å². The lowest BCUT2D eigenvalue weighted by Gasteiger charge is -2.17. The van der Waals surface area contributed by atoms with Crippen LogP contribution in [0.15, 0.2) is 54.6 Å². The van der Waals surface area contributed by atoms with Crippen molar-refractivity contribution >= 4 is 23.3 Å². The number of likely N-dealkylation sites (tertiary alicyclic amines) is 1. The van der Waals surface area contributed by atoms with Crippen molar-refractivity contribution in [2.75, 3.05) is 29.5 Å². The Kier molecular flexibility index (Phi) is 5.86. The van der Waals surface area contributed by atoms with Crippen molar-refractivity contribution in [3.8, 4) is 0 Å². The predicted molar refractivity (Wildman–Crippen MR) is 117 cm³/mol. The van der Waals surface area contributed by atoms with Crippen molar-refractivity contribution in [1.29, 1.82) is 0 Å². The van der Waals surface area contributed by atoms with Crippen LogP contribution in [0.2, 0.25) is 0 Å². The Hall–Kier alpha value is -3.19. The van der Waals surface area contributed by atoms with E-state index in [4.69, 9.17) is 5.73 Å². The Labute approximate surface area is 171 Å². The van der Waals surface area contributed by atoms with Gasteiger partial charge in [0.2, 0.25) is 11.9 Å². The molecule has 1 atom stereocenters. The fourth-order valence-corrected chi connectivity index (χ4v) is 3.70. The zero-order valence-electron chi connectivity index (χ0n) is 16.7. The summed E-state index contributed by atoms with van der Waals surface area (Å²) >= 11 is 0. The molecule has 0 bridgehead atoms. The number of benzene rings is 2. The third kappa shape index (κ3) is 5.00. The second-order valence-electron chi connectivity index (χ2n) is 7.30. The molecule has 0 aliphatic carbocycles. The molecule has 0 amide bonds. The Balaban J connectivity index is 1.40. The molecule has 7 heteroatoms. The number of aromatic nitrogens is 3. The number of nitrogen functional groups attached to an aromatic ring is 1. The molecule has 1 aromatic heterocycles. The predicted octanol–water partition coefficient (Wildman–Crippen LogP) is 3.45. The average Bonchev–Trinajstić information content (AvgIpc) is 3.15. The van der Waals surface area contributed by atoms with Crippen LogP contribution in [0, 0.1) is 0 Å². The van der Waals surface area contributed by atoms with Gasteiger partial charge in [0, 0.05) is 30.5 Å². The molecular weight excluding hydrogens is 362 g/mol. The maximum Gasteiger partial charge on any atom is 0.232 e. The minimum atomic E-state index is 0.240. The van der Waals surface area contributed by atoms with E-state index in [2.05, 4.69) is 55.6 Å². The topological polar surface area (TPSA) is 92.0 Å². The molecule has 2 heterocycles. The monoisotopic (exact) mass is 389 g/mol. The van der Waals surface area contributed by atoms with Gasteiger partial charge in [-0.2, -0.15) is 15.0 Å². The third-order valence-corrected chi connectivity index (χ3v) is 5.13. The highest BCUT2D eigenvalue weighted by molar-refractivity contribution is 5.58. The smallest absolute Gasteiger partial charge is 0.232 e. The highest BCUT2D eigenvalue weighted by Crippen LogP contribution is 2.21. The van der Waals surface area contributed by atoms with Gasteiger partial charge in [0.05, 0.1) is 6.54 Å². The van der Waals surface area contributed by atoms with Crippen LogP contribution in [0.25, 0.3) is 0 Å².